The third-order valence-corrected chi connectivity index (χ3v) is 7.38. The van der Waals surface area contributed by atoms with E-state index in [0.29, 0.717) is 5.82 Å². The Hall–Kier alpha value is -2.55. The van der Waals surface area contributed by atoms with E-state index in [2.05, 4.69) is 66.9 Å². The normalized spacial score (nSPS) is 16.8. The maximum atomic E-state index is 11.9. The van der Waals surface area contributed by atoms with Crippen LogP contribution in [0.5, 0.6) is 0 Å². The molecule has 5 rings (SSSR count). The van der Waals surface area contributed by atoms with Gasteiger partial charge in [-0.05, 0) is 40.2 Å². The van der Waals surface area contributed by atoms with Crippen LogP contribution in [0.15, 0.2) is 42.5 Å². The third-order valence-electron chi connectivity index (χ3n) is 6.70. The lowest BCUT2D eigenvalue weighted by Crippen LogP contribution is -2.33. The molecule has 1 aromatic heterocycles. The van der Waals surface area contributed by atoms with Gasteiger partial charge in [-0.15, -0.1) is 10.2 Å². The predicted molar refractivity (Wildman–Crippen MR) is 129 cm³/mol. The van der Waals surface area contributed by atoms with Gasteiger partial charge < -0.3 is 4.57 Å². The van der Waals surface area contributed by atoms with Gasteiger partial charge in [-0.1, -0.05) is 56.3 Å². The topological polar surface area (TPSA) is 80.1 Å². The van der Waals surface area contributed by atoms with Gasteiger partial charge in [0.1, 0.15) is 5.82 Å². The van der Waals surface area contributed by atoms with Crippen LogP contribution in [-0.2, 0) is 36.0 Å². The van der Waals surface area contributed by atoms with E-state index in [4.69, 9.17) is 0 Å². The Kier molecular flexibility index (Phi) is 5.84. The van der Waals surface area contributed by atoms with Crippen molar-refractivity contribution in [3.8, 4) is 11.1 Å². The minimum absolute atomic E-state index is 0.0721. The summed E-state index contributed by atoms with van der Waals surface area (Å²) in [4.78, 5) is 2.46. The van der Waals surface area contributed by atoms with Gasteiger partial charge in [0.2, 0.25) is 10.0 Å². The summed E-state index contributed by atoms with van der Waals surface area (Å²) < 4.78 is 28.7. The SMILES string of the molecule is CC(C)C(NS(C)(=O)=O)c1nnc2n1CCN(Cc1ccc3c(c1)Cc1ccccc1-3)CC2. The van der Waals surface area contributed by atoms with E-state index in [1.807, 2.05) is 13.8 Å². The Morgan fingerprint density at radius 2 is 1.79 bits per heavy atom. The molecule has 0 saturated carbocycles. The van der Waals surface area contributed by atoms with E-state index in [9.17, 15) is 8.42 Å². The molecule has 2 aromatic carbocycles. The maximum absolute atomic E-state index is 11.9. The van der Waals surface area contributed by atoms with Gasteiger partial charge in [0, 0.05) is 32.6 Å². The summed E-state index contributed by atoms with van der Waals surface area (Å²) in [6.45, 7) is 7.43. The molecule has 0 radical (unpaired) electrons. The van der Waals surface area contributed by atoms with Gasteiger partial charge in [0.15, 0.2) is 5.82 Å². The molecular formula is C25H31N5O2S. The van der Waals surface area contributed by atoms with Gasteiger partial charge in [0.25, 0.3) is 0 Å². The number of rotatable bonds is 6. The minimum atomic E-state index is -3.35. The lowest BCUT2D eigenvalue weighted by Gasteiger charge is -2.23. The van der Waals surface area contributed by atoms with Crippen molar-refractivity contribution in [2.45, 2.75) is 45.8 Å². The van der Waals surface area contributed by atoms with Crippen LogP contribution in [0.3, 0.4) is 0 Å². The molecule has 0 fully saturated rings. The zero-order chi connectivity index (χ0) is 23.2. The summed E-state index contributed by atoms with van der Waals surface area (Å²) in [5, 5.41) is 8.79. The number of nitrogens with zero attached hydrogens (tertiary/aromatic N) is 4. The quantitative estimate of drug-likeness (QED) is 0.473. The van der Waals surface area contributed by atoms with Crippen molar-refractivity contribution >= 4 is 10.0 Å². The second-order valence-corrected chi connectivity index (χ2v) is 11.4. The molecule has 33 heavy (non-hydrogen) atoms. The molecule has 1 atom stereocenters. The van der Waals surface area contributed by atoms with Gasteiger partial charge >= 0.3 is 0 Å². The highest BCUT2D eigenvalue weighted by atomic mass is 32.2. The highest BCUT2D eigenvalue weighted by Crippen LogP contribution is 2.37. The lowest BCUT2D eigenvalue weighted by molar-refractivity contribution is 0.269. The fourth-order valence-corrected chi connectivity index (χ4v) is 5.89. The smallest absolute Gasteiger partial charge is 0.209 e. The van der Waals surface area contributed by atoms with Crippen molar-refractivity contribution in [2.75, 3.05) is 19.3 Å². The number of benzene rings is 2. The molecule has 8 heteroatoms. The Morgan fingerprint density at radius 3 is 2.58 bits per heavy atom. The molecule has 174 valence electrons. The number of aromatic nitrogens is 3. The van der Waals surface area contributed by atoms with Crippen molar-refractivity contribution in [2.24, 2.45) is 5.92 Å². The lowest BCUT2D eigenvalue weighted by atomic mass is 10.0. The second-order valence-electron chi connectivity index (χ2n) is 9.59. The molecule has 1 unspecified atom stereocenters. The van der Waals surface area contributed by atoms with Crippen molar-refractivity contribution < 1.29 is 8.42 Å². The van der Waals surface area contributed by atoms with E-state index in [0.717, 1.165) is 44.8 Å². The molecule has 0 bridgehead atoms. The standard InChI is InChI=1S/C25H31N5O2S/c1-17(2)24(28-33(3,31)32)25-27-26-23-10-11-29(12-13-30(23)25)16-18-8-9-22-20(14-18)15-19-6-4-5-7-21(19)22/h4-9,14,17,24,28H,10-13,15-16H2,1-3H3. The van der Waals surface area contributed by atoms with Crippen LogP contribution >= 0.6 is 0 Å². The summed E-state index contributed by atoms with van der Waals surface area (Å²) in [5.41, 5.74) is 6.88. The van der Waals surface area contributed by atoms with Gasteiger partial charge in [-0.2, -0.15) is 0 Å². The fourth-order valence-electron chi connectivity index (χ4n) is 5.05. The Labute approximate surface area is 195 Å². The molecule has 3 aromatic rings. The summed E-state index contributed by atoms with van der Waals surface area (Å²) in [6, 6.07) is 15.2. The summed E-state index contributed by atoms with van der Waals surface area (Å²) in [7, 11) is -3.35. The Bertz CT molecular complexity index is 1280. The Balaban J connectivity index is 1.30. The van der Waals surface area contributed by atoms with Crippen LogP contribution in [0.4, 0.5) is 0 Å². The first kappa shape index (κ1) is 22.3. The molecule has 1 N–H and O–H groups in total. The molecule has 2 heterocycles. The molecule has 0 amide bonds. The highest BCUT2D eigenvalue weighted by molar-refractivity contribution is 7.88. The van der Waals surface area contributed by atoms with Crippen LogP contribution in [0.25, 0.3) is 11.1 Å². The van der Waals surface area contributed by atoms with Crippen LogP contribution in [0.2, 0.25) is 0 Å². The molecule has 1 aliphatic carbocycles. The first-order chi connectivity index (χ1) is 15.8. The number of hydrogen-bond donors (Lipinski definition) is 1. The number of sulfonamides is 1. The van der Waals surface area contributed by atoms with Gasteiger partial charge in [-0.3, -0.25) is 4.90 Å². The van der Waals surface area contributed by atoms with Crippen LogP contribution < -0.4 is 4.72 Å². The van der Waals surface area contributed by atoms with Crippen LogP contribution in [0, 0.1) is 5.92 Å². The number of fused-ring (bicyclic) bond motifs is 4. The van der Waals surface area contributed by atoms with Crippen LogP contribution in [-0.4, -0.2) is 47.4 Å². The maximum Gasteiger partial charge on any atom is 0.209 e. The summed E-state index contributed by atoms with van der Waals surface area (Å²) in [5.74, 6) is 1.71. The van der Waals surface area contributed by atoms with Crippen molar-refractivity contribution in [3.63, 3.8) is 0 Å². The monoisotopic (exact) mass is 465 g/mol. The molecule has 0 spiro atoms. The van der Waals surface area contributed by atoms with E-state index in [1.165, 1.54) is 34.1 Å². The average Bonchev–Trinajstić information content (AvgIpc) is 3.27. The predicted octanol–water partition coefficient (Wildman–Crippen LogP) is 3.15. The largest absolute Gasteiger partial charge is 0.312 e. The third kappa shape index (κ3) is 4.60. The number of nitrogens with one attached hydrogen (secondary N) is 1. The molecule has 0 saturated heterocycles. The zero-order valence-corrected chi connectivity index (χ0v) is 20.3. The first-order valence-electron chi connectivity index (χ1n) is 11.6. The first-order valence-corrected chi connectivity index (χ1v) is 13.5. The molecule has 2 aliphatic rings. The van der Waals surface area contributed by atoms with E-state index in [-0.39, 0.29) is 12.0 Å². The zero-order valence-electron chi connectivity index (χ0n) is 19.5. The number of hydrogen-bond acceptors (Lipinski definition) is 5. The van der Waals surface area contributed by atoms with E-state index in [1.54, 1.807) is 0 Å². The van der Waals surface area contributed by atoms with Crippen molar-refractivity contribution in [1.82, 2.24) is 24.4 Å². The molecular weight excluding hydrogens is 434 g/mol. The van der Waals surface area contributed by atoms with E-state index < -0.39 is 10.0 Å². The minimum Gasteiger partial charge on any atom is -0.312 e. The molecule has 7 nitrogen and oxygen atoms in total. The second kappa shape index (κ2) is 8.66. The van der Waals surface area contributed by atoms with Crippen molar-refractivity contribution in [1.29, 1.82) is 0 Å². The van der Waals surface area contributed by atoms with Crippen molar-refractivity contribution in [3.05, 3.63) is 70.8 Å². The highest BCUT2D eigenvalue weighted by Gasteiger charge is 2.28. The Morgan fingerprint density at radius 1 is 1.00 bits per heavy atom. The van der Waals surface area contributed by atoms with Crippen LogP contribution in [0.1, 0.15) is 48.2 Å². The average molecular weight is 466 g/mol. The summed E-state index contributed by atoms with van der Waals surface area (Å²) in [6.07, 6.45) is 3.00. The van der Waals surface area contributed by atoms with Gasteiger partial charge in [-0.25, -0.2) is 13.1 Å². The van der Waals surface area contributed by atoms with Gasteiger partial charge in [0.05, 0.1) is 12.3 Å². The summed E-state index contributed by atoms with van der Waals surface area (Å²) >= 11 is 0. The molecule has 1 aliphatic heterocycles. The van der Waals surface area contributed by atoms with E-state index >= 15 is 0 Å². The fraction of sp³-hybridized carbons (Fsp3) is 0.440.